The lowest BCUT2D eigenvalue weighted by Gasteiger charge is -2.16. The minimum Gasteiger partial charge on any atom is -0.393 e. The summed E-state index contributed by atoms with van der Waals surface area (Å²) >= 11 is 4.90. The van der Waals surface area contributed by atoms with E-state index >= 15 is 0 Å². The van der Waals surface area contributed by atoms with Crippen LogP contribution in [-0.2, 0) is 0 Å². The van der Waals surface area contributed by atoms with E-state index in [1.54, 1.807) is 0 Å². The molecular weight excluding hydrogens is 314 g/mol. The third-order valence-electron chi connectivity index (χ3n) is 4.13. The molecule has 3 nitrogen and oxygen atoms in total. The predicted molar refractivity (Wildman–Crippen MR) is 75.0 cm³/mol. The molecule has 0 spiro atoms. The molecule has 1 aliphatic carbocycles. The first-order chi connectivity index (χ1) is 8.65. The number of aliphatic hydroxyl groups is 1. The Balaban J connectivity index is 1.62. The molecule has 1 saturated heterocycles. The van der Waals surface area contributed by atoms with Crippen molar-refractivity contribution in [1.29, 1.82) is 0 Å². The smallest absolute Gasteiger partial charge is 0.187 e. The minimum atomic E-state index is -0.149. The van der Waals surface area contributed by atoms with Crippen LogP contribution in [0, 0.1) is 11.8 Å². The van der Waals surface area contributed by atoms with Crippen molar-refractivity contribution < 1.29 is 9.90 Å². The molecule has 18 heavy (non-hydrogen) atoms. The number of likely N-dealkylation sites (tertiary alicyclic amines) is 1. The number of halogens is 1. The molecule has 0 bridgehead atoms. The number of fused-ring (bicyclic) bond motifs is 1. The summed E-state index contributed by atoms with van der Waals surface area (Å²) < 4.78 is 0.900. The summed E-state index contributed by atoms with van der Waals surface area (Å²) in [4.78, 5) is 15.2. The minimum absolute atomic E-state index is 0.149. The van der Waals surface area contributed by atoms with E-state index in [2.05, 4.69) is 20.8 Å². The van der Waals surface area contributed by atoms with Crippen LogP contribution in [0.5, 0.6) is 0 Å². The average Bonchev–Trinajstić information content (AvgIpc) is 2.98. The first kappa shape index (κ1) is 12.8. The van der Waals surface area contributed by atoms with Crippen molar-refractivity contribution in [2.75, 3.05) is 19.6 Å². The van der Waals surface area contributed by atoms with Gasteiger partial charge in [-0.3, -0.25) is 9.69 Å². The molecule has 2 fully saturated rings. The molecule has 3 atom stereocenters. The van der Waals surface area contributed by atoms with Gasteiger partial charge in [0.05, 0.1) is 17.5 Å². The van der Waals surface area contributed by atoms with Gasteiger partial charge in [-0.25, -0.2) is 0 Å². The van der Waals surface area contributed by atoms with Gasteiger partial charge < -0.3 is 5.11 Å². The number of hydrogen-bond acceptors (Lipinski definition) is 4. The normalized spacial score (nSPS) is 31.8. The van der Waals surface area contributed by atoms with E-state index < -0.39 is 0 Å². The Labute approximate surface area is 119 Å². The first-order valence-corrected chi connectivity index (χ1v) is 7.99. The summed E-state index contributed by atoms with van der Waals surface area (Å²) in [6.45, 7) is 2.33. The second-order valence-corrected chi connectivity index (χ2v) is 7.05. The highest BCUT2D eigenvalue weighted by molar-refractivity contribution is 9.10. The fourth-order valence-corrected chi connectivity index (χ4v) is 4.75. The van der Waals surface area contributed by atoms with Gasteiger partial charge >= 0.3 is 0 Å². The Bertz CT molecular complexity index is 462. The maximum atomic E-state index is 12.2. The van der Waals surface area contributed by atoms with Crippen LogP contribution in [0.1, 0.15) is 22.5 Å². The zero-order valence-electron chi connectivity index (χ0n) is 10.0. The maximum Gasteiger partial charge on any atom is 0.187 e. The van der Waals surface area contributed by atoms with Crippen LogP contribution in [0.3, 0.4) is 0 Å². The predicted octanol–water partition coefficient (Wildman–Crippen LogP) is 2.40. The number of nitrogens with zero attached hydrogens (tertiary/aromatic N) is 1. The van der Waals surface area contributed by atoms with Crippen LogP contribution in [-0.4, -0.2) is 41.5 Å². The molecule has 1 aromatic heterocycles. The quantitative estimate of drug-likeness (QED) is 0.865. The molecule has 3 rings (SSSR count). The largest absolute Gasteiger partial charge is 0.393 e. The Morgan fingerprint density at radius 3 is 3.00 bits per heavy atom. The van der Waals surface area contributed by atoms with Crippen molar-refractivity contribution in [3.63, 3.8) is 0 Å². The zero-order valence-corrected chi connectivity index (χ0v) is 12.4. The molecule has 3 unspecified atom stereocenters. The van der Waals surface area contributed by atoms with Crippen molar-refractivity contribution in [3.05, 3.63) is 20.8 Å². The monoisotopic (exact) mass is 329 g/mol. The van der Waals surface area contributed by atoms with E-state index in [0.29, 0.717) is 18.4 Å². The summed E-state index contributed by atoms with van der Waals surface area (Å²) in [5, 5.41) is 11.8. The van der Waals surface area contributed by atoms with Crippen LogP contribution in [0.4, 0.5) is 0 Å². The Hall–Kier alpha value is -0.230. The summed E-state index contributed by atoms with van der Waals surface area (Å²) in [5.74, 6) is 1.18. The number of thiophene rings is 1. The van der Waals surface area contributed by atoms with Crippen LogP contribution in [0.2, 0.25) is 0 Å². The summed E-state index contributed by atoms with van der Waals surface area (Å²) in [5.41, 5.74) is 0. The molecule has 5 heteroatoms. The second kappa shape index (κ2) is 5.04. The third kappa shape index (κ3) is 2.29. The van der Waals surface area contributed by atoms with Gasteiger partial charge in [0.1, 0.15) is 0 Å². The van der Waals surface area contributed by atoms with Crippen LogP contribution >= 0.6 is 27.3 Å². The number of carbonyl (C=O) groups is 1. The SMILES string of the molecule is O=C(CN1CC2CCC(O)C2C1)c1sccc1Br. The van der Waals surface area contributed by atoms with E-state index in [0.717, 1.165) is 35.3 Å². The van der Waals surface area contributed by atoms with E-state index in [-0.39, 0.29) is 11.9 Å². The van der Waals surface area contributed by atoms with Gasteiger partial charge in [-0.05, 0) is 46.1 Å². The van der Waals surface area contributed by atoms with Crippen LogP contribution in [0.25, 0.3) is 0 Å². The number of carbonyl (C=O) groups excluding carboxylic acids is 1. The highest BCUT2D eigenvalue weighted by Gasteiger charge is 2.42. The molecule has 0 radical (unpaired) electrons. The Morgan fingerprint density at radius 1 is 1.50 bits per heavy atom. The summed E-state index contributed by atoms with van der Waals surface area (Å²) in [6.07, 6.45) is 1.90. The van der Waals surface area contributed by atoms with Crippen LogP contribution < -0.4 is 0 Å². The van der Waals surface area contributed by atoms with Crippen molar-refractivity contribution in [1.82, 2.24) is 4.90 Å². The standard InChI is InChI=1S/C13H16BrNO2S/c14-10-3-4-18-13(10)12(17)7-15-5-8-1-2-11(16)9(8)6-15/h3-4,8-9,11,16H,1-2,5-7H2. The number of rotatable bonds is 3. The van der Waals surface area contributed by atoms with Crippen molar-refractivity contribution >= 4 is 33.0 Å². The second-order valence-electron chi connectivity index (χ2n) is 5.28. The third-order valence-corrected chi connectivity index (χ3v) is 6.01. The van der Waals surface area contributed by atoms with Gasteiger partial charge in [-0.1, -0.05) is 0 Å². The Kier molecular flexibility index (Phi) is 3.58. The van der Waals surface area contributed by atoms with Crippen molar-refractivity contribution in [2.24, 2.45) is 11.8 Å². The lowest BCUT2D eigenvalue weighted by atomic mass is 10.00. The zero-order chi connectivity index (χ0) is 12.7. The fraction of sp³-hybridized carbons (Fsp3) is 0.615. The van der Waals surface area contributed by atoms with Crippen LogP contribution in [0.15, 0.2) is 15.9 Å². The lowest BCUT2D eigenvalue weighted by Crippen LogP contribution is -2.30. The number of ketones is 1. The molecule has 1 N–H and O–H groups in total. The molecule has 1 aromatic rings. The van der Waals surface area contributed by atoms with Crippen molar-refractivity contribution in [3.8, 4) is 0 Å². The van der Waals surface area contributed by atoms with Gasteiger partial charge in [0.2, 0.25) is 0 Å². The molecule has 0 amide bonds. The van der Waals surface area contributed by atoms with Crippen molar-refractivity contribution in [2.45, 2.75) is 18.9 Å². The molecule has 2 heterocycles. The first-order valence-electron chi connectivity index (χ1n) is 6.32. The molecule has 2 aliphatic rings. The molecule has 1 aliphatic heterocycles. The Morgan fingerprint density at radius 2 is 2.33 bits per heavy atom. The lowest BCUT2D eigenvalue weighted by molar-refractivity contribution is 0.0923. The fourth-order valence-electron chi connectivity index (χ4n) is 3.23. The highest BCUT2D eigenvalue weighted by atomic mass is 79.9. The van der Waals surface area contributed by atoms with Gasteiger partial charge in [0.25, 0.3) is 0 Å². The van der Waals surface area contributed by atoms with E-state index in [4.69, 9.17) is 0 Å². The van der Waals surface area contributed by atoms with E-state index in [1.807, 2.05) is 11.4 Å². The number of hydrogen-bond donors (Lipinski definition) is 1. The van der Waals surface area contributed by atoms with Gasteiger partial charge in [0, 0.05) is 23.5 Å². The van der Waals surface area contributed by atoms with Gasteiger partial charge in [0.15, 0.2) is 5.78 Å². The number of aliphatic hydroxyl groups excluding tert-OH is 1. The molecule has 1 saturated carbocycles. The summed E-state index contributed by atoms with van der Waals surface area (Å²) in [7, 11) is 0. The topological polar surface area (TPSA) is 40.5 Å². The average molecular weight is 330 g/mol. The highest BCUT2D eigenvalue weighted by Crippen LogP contribution is 2.38. The van der Waals surface area contributed by atoms with E-state index in [9.17, 15) is 9.90 Å². The summed E-state index contributed by atoms with van der Waals surface area (Å²) in [6, 6.07) is 1.92. The van der Waals surface area contributed by atoms with Gasteiger partial charge in [-0.2, -0.15) is 0 Å². The van der Waals surface area contributed by atoms with Gasteiger partial charge in [-0.15, -0.1) is 11.3 Å². The van der Waals surface area contributed by atoms with E-state index in [1.165, 1.54) is 11.3 Å². The molecular formula is C13H16BrNO2S. The maximum absolute atomic E-state index is 12.2. The molecule has 98 valence electrons. The number of Topliss-reactive ketones (excluding diaryl/α,β-unsaturated/α-hetero) is 1. The molecule has 0 aromatic carbocycles.